The molecule has 0 aromatic carbocycles. The molecule has 1 unspecified atom stereocenters. The van der Waals surface area contributed by atoms with E-state index in [2.05, 4.69) is 33.5 Å². The zero-order chi connectivity index (χ0) is 13.0. The van der Waals surface area contributed by atoms with Crippen LogP contribution in [-0.2, 0) is 13.0 Å². The van der Waals surface area contributed by atoms with Gasteiger partial charge in [0.15, 0.2) is 0 Å². The smallest absolute Gasteiger partial charge is 0.138 e. The van der Waals surface area contributed by atoms with Crippen LogP contribution in [0.1, 0.15) is 44.4 Å². The lowest BCUT2D eigenvalue weighted by molar-refractivity contribution is 0.479. The maximum absolute atomic E-state index is 4.37. The third kappa shape index (κ3) is 2.78. The second kappa shape index (κ2) is 5.80. The van der Waals surface area contributed by atoms with Crippen LogP contribution in [-0.4, -0.2) is 24.3 Å². The van der Waals surface area contributed by atoms with E-state index >= 15 is 0 Å². The molecule has 0 radical (unpaired) electrons. The lowest BCUT2D eigenvalue weighted by atomic mass is 10.2. The molecule has 98 valence electrons. The van der Waals surface area contributed by atoms with Crippen molar-refractivity contribution in [1.82, 2.24) is 24.3 Å². The molecule has 2 aromatic heterocycles. The van der Waals surface area contributed by atoms with Crippen LogP contribution < -0.4 is 0 Å². The Kier molecular flexibility index (Phi) is 4.12. The highest BCUT2D eigenvalue weighted by molar-refractivity contribution is 4.95. The van der Waals surface area contributed by atoms with Gasteiger partial charge in [-0.25, -0.2) is 9.97 Å². The van der Waals surface area contributed by atoms with Crippen molar-refractivity contribution in [1.29, 1.82) is 0 Å². The fourth-order valence-corrected chi connectivity index (χ4v) is 2.16. The summed E-state index contributed by atoms with van der Waals surface area (Å²) in [6.07, 6.45) is 8.73. The Morgan fingerprint density at radius 1 is 1.33 bits per heavy atom. The lowest BCUT2D eigenvalue weighted by Gasteiger charge is -2.15. The van der Waals surface area contributed by atoms with E-state index in [1.54, 1.807) is 6.33 Å². The molecule has 1 atom stereocenters. The first kappa shape index (κ1) is 12.8. The van der Waals surface area contributed by atoms with Crippen molar-refractivity contribution >= 4 is 0 Å². The largest absolute Gasteiger partial charge is 0.332 e. The van der Waals surface area contributed by atoms with Gasteiger partial charge in [0.2, 0.25) is 0 Å². The number of hydrogen-bond donors (Lipinski definition) is 0. The average molecular weight is 247 g/mol. The predicted molar refractivity (Wildman–Crippen MR) is 70.3 cm³/mol. The first-order valence-corrected chi connectivity index (χ1v) is 6.58. The van der Waals surface area contributed by atoms with Gasteiger partial charge in [0, 0.05) is 31.4 Å². The normalized spacial score (nSPS) is 12.8. The molecule has 2 rings (SSSR count). The van der Waals surface area contributed by atoms with E-state index in [0.717, 1.165) is 31.0 Å². The van der Waals surface area contributed by atoms with Gasteiger partial charge >= 0.3 is 0 Å². The molecule has 0 fully saturated rings. The summed E-state index contributed by atoms with van der Waals surface area (Å²) in [4.78, 5) is 8.63. The summed E-state index contributed by atoms with van der Waals surface area (Å²) < 4.78 is 4.20. The van der Waals surface area contributed by atoms with E-state index in [4.69, 9.17) is 0 Å². The number of unbranched alkanes of at least 4 members (excludes halogenated alkanes) is 1. The summed E-state index contributed by atoms with van der Waals surface area (Å²) in [5.74, 6) is 2.10. The van der Waals surface area contributed by atoms with Gasteiger partial charge < -0.3 is 4.57 Å². The van der Waals surface area contributed by atoms with Crippen molar-refractivity contribution in [3.63, 3.8) is 0 Å². The Morgan fingerprint density at radius 2 is 2.17 bits per heavy atom. The second-order valence-electron chi connectivity index (χ2n) is 4.69. The van der Waals surface area contributed by atoms with Crippen LogP contribution >= 0.6 is 0 Å². The third-order valence-electron chi connectivity index (χ3n) is 3.23. The maximum atomic E-state index is 4.37. The van der Waals surface area contributed by atoms with E-state index in [0.29, 0.717) is 6.04 Å². The van der Waals surface area contributed by atoms with Gasteiger partial charge in [-0.3, -0.25) is 4.68 Å². The average Bonchev–Trinajstić information content (AvgIpc) is 2.95. The Hall–Kier alpha value is -1.65. The zero-order valence-electron chi connectivity index (χ0n) is 11.4. The van der Waals surface area contributed by atoms with Crippen molar-refractivity contribution in [2.45, 2.75) is 52.6 Å². The fraction of sp³-hybridized carbons (Fsp3) is 0.615. The van der Waals surface area contributed by atoms with Crippen molar-refractivity contribution in [2.75, 3.05) is 0 Å². The van der Waals surface area contributed by atoms with E-state index in [-0.39, 0.29) is 0 Å². The number of imidazole rings is 1. The van der Waals surface area contributed by atoms with Crippen LogP contribution in [0.2, 0.25) is 0 Å². The molecule has 0 aliphatic carbocycles. The Morgan fingerprint density at radius 3 is 2.83 bits per heavy atom. The molecular weight excluding hydrogens is 226 g/mol. The minimum absolute atomic E-state index is 0.358. The van der Waals surface area contributed by atoms with E-state index in [1.165, 1.54) is 6.42 Å². The van der Waals surface area contributed by atoms with Gasteiger partial charge in [-0.05, 0) is 20.3 Å². The first-order valence-electron chi connectivity index (χ1n) is 6.58. The van der Waals surface area contributed by atoms with Crippen molar-refractivity contribution in [3.05, 3.63) is 30.4 Å². The Labute approximate surface area is 108 Å². The topological polar surface area (TPSA) is 48.5 Å². The monoisotopic (exact) mass is 247 g/mol. The lowest BCUT2D eigenvalue weighted by Crippen LogP contribution is -2.14. The quantitative estimate of drug-likeness (QED) is 0.787. The summed E-state index contributed by atoms with van der Waals surface area (Å²) >= 11 is 0. The molecule has 0 bridgehead atoms. The van der Waals surface area contributed by atoms with Crippen LogP contribution in [0.5, 0.6) is 0 Å². The molecular formula is C13H21N5. The molecule has 5 heteroatoms. The molecule has 5 nitrogen and oxygen atoms in total. The summed E-state index contributed by atoms with van der Waals surface area (Å²) in [5, 5.41) is 4.29. The Bertz CT molecular complexity index is 485. The van der Waals surface area contributed by atoms with Crippen molar-refractivity contribution in [3.8, 4) is 0 Å². The van der Waals surface area contributed by atoms with Gasteiger partial charge in [-0.15, -0.1) is 0 Å². The number of aryl methyl sites for hydroxylation is 2. The number of nitrogens with zero attached hydrogens (tertiary/aromatic N) is 5. The SMILES string of the molecule is CCCCn1ncnc1CC(C)n1ccnc1C. The van der Waals surface area contributed by atoms with Crippen LogP contribution in [0.15, 0.2) is 18.7 Å². The molecule has 2 aromatic rings. The van der Waals surface area contributed by atoms with Crippen LogP contribution in [0.4, 0.5) is 0 Å². The van der Waals surface area contributed by atoms with Gasteiger partial charge in [-0.1, -0.05) is 13.3 Å². The van der Waals surface area contributed by atoms with Crippen molar-refractivity contribution in [2.24, 2.45) is 0 Å². The molecule has 0 saturated heterocycles. The van der Waals surface area contributed by atoms with E-state index in [1.807, 2.05) is 24.0 Å². The summed E-state index contributed by atoms with van der Waals surface area (Å²) in [6, 6.07) is 0.358. The molecule has 0 aliphatic heterocycles. The fourth-order valence-electron chi connectivity index (χ4n) is 2.16. The second-order valence-corrected chi connectivity index (χ2v) is 4.69. The van der Waals surface area contributed by atoms with E-state index in [9.17, 15) is 0 Å². The highest BCUT2D eigenvalue weighted by atomic mass is 15.3. The molecule has 0 spiro atoms. The summed E-state index contributed by atoms with van der Waals surface area (Å²) in [7, 11) is 0. The molecule has 2 heterocycles. The molecule has 0 amide bonds. The molecule has 18 heavy (non-hydrogen) atoms. The predicted octanol–water partition coefficient (Wildman–Crippen LogP) is 2.39. The standard InChI is InChI=1S/C13H21N5/c1-4-5-7-18-13(15-10-16-18)9-11(2)17-8-6-14-12(17)3/h6,8,10-11H,4-5,7,9H2,1-3H3. The van der Waals surface area contributed by atoms with Crippen LogP contribution in [0.25, 0.3) is 0 Å². The molecule has 0 aliphatic rings. The highest BCUT2D eigenvalue weighted by Crippen LogP contribution is 2.14. The number of rotatable bonds is 6. The van der Waals surface area contributed by atoms with Gasteiger partial charge in [-0.2, -0.15) is 5.10 Å². The molecule has 0 N–H and O–H groups in total. The highest BCUT2D eigenvalue weighted by Gasteiger charge is 2.12. The minimum atomic E-state index is 0.358. The Balaban J connectivity index is 2.05. The van der Waals surface area contributed by atoms with Gasteiger partial charge in [0.05, 0.1) is 0 Å². The van der Waals surface area contributed by atoms with Gasteiger partial charge in [0.25, 0.3) is 0 Å². The zero-order valence-corrected chi connectivity index (χ0v) is 11.4. The first-order chi connectivity index (χ1) is 8.72. The van der Waals surface area contributed by atoms with E-state index < -0.39 is 0 Å². The summed E-state index contributed by atoms with van der Waals surface area (Å²) in [5.41, 5.74) is 0. The third-order valence-corrected chi connectivity index (χ3v) is 3.23. The van der Waals surface area contributed by atoms with Gasteiger partial charge in [0.1, 0.15) is 18.0 Å². The van der Waals surface area contributed by atoms with Crippen molar-refractivity contribution < 1.29 is 0 Å². The maximum Gasteiger partial charge on any atom is 0.138 e. The number of aromatic nitrogens is 5. The summed E-state index contributed by atoms with van der Waals surface area (Å²) in [6.45, 7) is 7.36. The number of hydrogen-bond acceptors (Lipinski definition) is 3. The van der Waals surface area contributed by atoms with Crippen LogP contribution in [0, 0.1) is 6.92 Å². The van der Waals surface area contributed by atoms with Crippen LogP contribution in [0.3, 0.4) is 0 Å². The minimum Gasteiger partial charge on any atom is -0.332 e. The molecule has 0 saturated carbocycles.